The highest BCUT2D eigenvalue weighted by molar-refractivity contribution is 7.08. The highest BCUT2D eigenvalue weighted by atomic mass is 32.1. The standard InChI is InChI=1S/C21H18O2S/c1-2-23-21(22)19-10-8-18(9-11-19)20(14-16-12-13-24-15-16)17-6-4-3-5-7-17/h3-15H,2H2,1H3/b20-14+. The summed E-state index contributed by atoms with van der Waals surface area (Å²) in [6.07, 6.45) is 2.17. The van der Waals surface area contributed by atoms with Crippen LogP contribution >= 0.6 is 11.3 Å². The minimum absolute atomic E-state index is 0.285. The second-order valence-electron chi connectivity index (χ2n) is 5.28. The molecule has 3 aromatic rings. The van der Waals surface area contributed by atoms with Gasteiger partial charge in [0, 0.05) is 0 Å². The van der Waals surface area contributed by atoms with Crippen molar-refractivity contribution < 1.29 is 9.53 Å². The van der Waals surface area contributed by atoms with Gasteiger partial charge in [-0.2, -0.15) is 11.3 Å². The molecule has 1 aromatic heterocycles. The molecule has 2 nitrogen and oxygen atoms in total. The predicted molar refractivity (Wildman–Crippen MR) is 100 cm³/mol. The van der Waals surface area contributed by atoms with Crippen molar-refractivity contribution in [2.45, 2.75) is 6.92 Å². The molecular formula is C21H18O2S. The maximum atomic E-state index is 11.8. The summed E-state index contributed by atoms with van der Waals surface area (Å²) in [5.74, 6) is -0.285. The molecule has 0 unspecified atom stereocenters. The Balaban J connectivity index is 1.99. The summed E-state index contributed by atoms with van der Waals surface area (Å²) in [7, 11) is 0. The van der Waals surface area contributed by atoms with Crippen molar-refractivity contribution in [1.29, 1.82) is 0 Å². The van der Waals surface area contributed by atoms with E-state index >= 15 is 0 Å². The number of esters is 1. The molecule has 0 fully saturated rings. The first-order chi connectivity index (χ1) is 11.8. The molecule has 0 N–H and O–H groups in total. The van der Waals surface area contributed by atoms with E-state index in [9.17, 15) is 4.79 Å². The Labute approximate surface area is 146 Å². The normalized spacial score (nSPS) is 11.3. The van der Waals surface area contributed by atoms with Crippen molar-refractivity contribution in [1.82, 2.24) is 0 Å². The molecule has 3 heteroatoms. The maximum Gasteiger partial charge on any atom is 0.338 e. The minimum Gasteiger partial charge on any atom is -0.462 e. The van der Waals surface area contributed by atoms with Gasteiger partial charge in [0.2, 0.25) is 0 Å². The molecule has 0 bridgehead atoms. The van der Waals surface area contributed by atoms with Crippen molar-refractivity contribution >= 4 is 29.0 Å². The first-order valence-electron chi connectivity index (χ1n) is 7.85. The highest BCUT2D eigenvalue weighted by Gasteiger charge is 2.09. The third-order valence-corrected chi connectivity index (χ3v) is 4.35. The second-order valence-corrected chi connectivity index (χ2v) is 6.06. The third-order valence-electron chi connectivity index (χ3n) is 3.65. The zero-order valence-electron chi connectivity index (χ0n) is 13.4. The third kappa shape index (κ3) is 3.81. The number of hydrogen-bond acceptors (Lipinski definition) is 3. The van der Waals surface area contributed by atoms with Crippen molar-refractivity contribution in [3.8, 4) is 0 Å². The lowest BCUT2D eigenvalue weighted by molar-refractivity contribution is 0.0526. The van der Waals surface area contributed by atoms with Crippen LogP contribution in [-0.4, -0.2) is 12.6 Å². The fourth-order valence-corrected chi connectivity index (χ4v) is 3.09. The molecule has 3 rings (SSSR count). The van der Waals surface area contributed by atoms with Gasteiger partial charge in [-0.3, -0.25) is 0 Å². The van der Waals surface area contributed by atoms with Gasteiger partial charge in [0.05, 0.1) is 12.2 Å². The van der Waals surface area contributed by atoms with Crippen LogP contribution in [0.15, 0.2) is 71.4 Å². The van der Waals surface area contributed by atoms with Gasteiger partial charge in [0.15, 0.2) is 0 Å². The summed E-state index contributed by atoms with van der Waals surface area (Å²) in [5.41, 5.74) is 5.09. The van der Waals surface area contributed by atoms with E-state index in [1.807, 2.05) is 49.4 Å². The van der Waals surface area contributed by atoms with E-state index in [-0.39, 0.29) is 5.97 Å². The van der Waals surface area contributed by atoms with E-state index in [2.05, 4.69) is 35.0 Å². The average Bonchev–Trinajstić information content (AvgIpc) is 3.14. The molecule has 0 atom stereocenters. The summed E-state index contributed by atoms with van der Waals surface area (Å²) in [6.45, 7) is 2.19. The van der Waals surface area contributed by atoms with Crippen molar-refractivity contribution in [3.63, 3.8) is 0 Å². The zero-order valence-corrected chi connectivity index (χ0v) is 14.3. The van der Waals surface area contributed by atoms with Crippen molar-refractivity contribution in [3.05, 3.63) is 93.7 Å². The molecule has 120 valence electrons. The molecule has 0 aliphatic carbocycles. The van der Waals surface area contributed by atoms with E-state index in [0.29, 0.717) is 12.2 Å². The lowest BCUT2D eigenvalue weighted by Gasteiger charge is -2.09. The molecule has 0 saturated carbocycles. The van der Waals surface area contributed by atoms with E-state index in [0.717, 1.165) is 16.7 Å². The van der Waals surface area contributed by atoms with Crippen LogP contribution in [0.1, 0.15) is 34.0 Å². The van der Waals surface area contributed by atoms with Crippen LogP contribution in [0, 0.1) is 0 Å². The summed E-state index contributed by atoms with van der Waals surface area (Å²) < 4.78 is 5.05. The SMILES string of the molecule is CCOC(=O)c1ccc(/C(=C/c2ccsc2)c2ccccc2)cc1. The van der Waals surface area contributed by atoms with Crippen LogP contribution < -0.4 is 0 Å². The number of carbonyl (C=O) groups is 1. The lowest BCUT2D eigenvalue weighted by atomic mass is 9.95. The van der Waals surface area contributed by atoms with Crippen molar-refractivity contribution in [2.75, 3.05) is 6.61 Å². The number of benzene rings is 2. The molecule has 0 amide bonds. The van der Waals surface area contributed by atoms with Crippen molar-refractivity contribution in [2.24, 2.45) is 0 Å². The molecule has 0 spiro atoms. The smallest absolute Gasteiger partial charge is 0.338 e. The molecular weight excluding hydrogens is 316 g/mol. The Morgan fingerprint density at radius 1 is 0.958 bits per heavy atom. The molecule has 0 radical (unpaired) electrons. The van der Waals surface area contributed by atoms with Crippen LogP contribution in [0.3, 0.4) is 0 Å². The molecule has 0 aliphatic heterocycles. The van der Waals surface area contributed by atoms with E-state index in [4.69, 9.17) is 4.74 Å². The van der Waals surface area contributed by atoms with Crippen LogP contribution in [0.4, 0.5) is 0 Å². The molecule has 2 aromatic carbocycles. The first kappa shape index (κ1) is 16.2. The van der Waals surface area contributed by atoms with E-state index in [1.54, 1.807) is 11.3 Å². The minimum atomic E-state index is -0.285. The lowest BCUT2D eigenvalue weighted by Crippen LogP contribution is -2.04. The molecule has 0 saturated heterocycles. The molecule has 0 aliphatic rings. The van der Waals surface area contributed by atoms with Crippen LogP contribution in [0.25, 0.3) is 11.6 Å². The Morgan fingerprint density at radius 3 is 2.25 bits per heavy atom. The topological polar surface area (TPSA) is 26.3 Å². The van der Waals surface area contributed by atoms with Gasteiger partial charge >= 0.3 is 5.97 Å². The number of carbonyl (C=O) groups excluding carboxylic acids is 1. The Morgan fingerprint density at radius 2 is 1.62 bits per heavy atom. The maximum absolute atomic E-state index is 11.8. The Hall–Kier alpha value is -2.65. The summed E-state index contributed by atoms with van der Waals surface area (Å²) >= 11 is 1.68. The summed E-state index contributed by atoms with van der Waals surface area (Å²) in [5, 5.41) is 4.19. The molecule has 24 heavy (non-hydrogen) atoms. The van der Waals surface area contributed by atoms with E-state index in [1.165, 1.54) is 5.56 Å². The zero-order chi connectivity index (χ0) is 16.8. The molecule has 1 heterocycles. The summed E-state index contributed by atoms with van der Waals surface area (Å²) in [6, 6.07) is 19.9. The Kier molecular flexibility index (Phi) is 5.24. The van der Waals surface area contributed by atoms with Gasteiger partial charge < -0.3 is 4.74 Å². The summed E-state index contributed by atoms with van der Waals surface area (Å²) in [4.78, 5) is 11.8. The van der Waals surface area contributed by atoms with Crippen LogP contribution in [-0.2, 0) is 4.74 Å². The highest BCUT2D eigenvalue weighted by Crippen LogP contribution is 2.27. The Bertz CT molecular complexity index is 816. The fourth-order valence-electron chi connectivity index (χ4n) is 2.48. The van der Waals surface area contributed by atoms with Gasteiger partial charge in [-0.05, 0) is 64.2 Å². The first-order valence-corrected chi connectivity index (χ1v) is 8.79. The fraction of sp³-hybridized carbons (Fsp3) is 0.0952. The number of rotatable bonds is 5. The number of hydrogen-bond donors (Lipinski definition) is 0. The number of ether oxygens (including phenoxy) is 1. The monoisotopic (exact) mass is 334 g/mol. The van der Waals surface area contributed by atoms with Gasteiger partial charge in [-0.25, -0.2) is 4.79 Å². The average molecular weight is 334 g/mol. The quantitative estimate of drug-likeness (QED) is 0.575. The van der Waals surface area contributed by atoms with Gasteiger partial charge in [0.25, 0.3) is 0 Å². The number of thiophene rings is 1. The van der Waals surface area contributed by atoms with Gasteiger partial charge in [0.1, 0.15) is 0 Å². The van der Waals surface area contributed by atoms with Crippen LogP contribution in [0.5, 0.6) is 0 Å². The predicted octanol–water partition coefficient (Wildman–Crippen LogP) is 5.51. The van der Waals surface area contributed by atoms with Gasteiger partial charge in [-0.1, -0.05) is 42.5 Å². The van der Waals surface area contributed by atoms with Gasteiger partial charge in [-0.15, -0.1) is 0 Å². The van der Waals surface area contributed by atoms with Crippen LogP contribution in [0.2, 0.25) is 0 Å². The second kappa shape index (κ2) is 7.75. The van der Waals surface area contributed by atoms with E-state index < -0.39 is 0 Å². The largest absolute Gasteiger partial charge is 0.462 e.